The molecule has 1 aliphatic heterocycles. The van der Waals surface area contributed by atoms with E-state index in [2.05, 4.69) is 0 Å². The molecule has 0 bridgehead atoms. The standard InChI is InChI=1S/C9H18FNO2/c1-6(2)11-4-3-8(12)9(13)7(11)5-10/h6-9,12-13H,3-5H2,1-2H3. The van der Waals surface area contributed by atoms with Gasteiger partial charge in [0.05, 0.1) is 18.2 Å². The number of likely N-dealkylation sites (tertiary alicyclic amines) is 1. The summed E-state index contributed by atoms with van der Waals surface area (Å²) in [6.45, 7) is 3.99. The van der Waals surface area contributed by atoms with Gasteiger partial charge in [0.15, 0.2) is 0 Å². The average molecular weight is 191 g/mol. The van der Waals surface area contributed by atoms with Gasteiger partial charge in [-0.05, 0) is 20.3 Å². The van der Waals surface area contributed by atoms with Crippen molar-refractivity contribution in [3.63, 3.8) is 0 Å². The number of piperidine rings is 1. The fraction of sp³-hybridized carbons (Fsp3) is 1.00. The molecule has 78 valence electrons. The van der Waals surface area contributed by atoms with Crippen molar-refractivity contribution in [3.05, 3.63) is 0 Å². The van der Waals surface area contributed by atoms with Crippen LogP contribution >= 0.6 is 0 Å². The van der Waals surface area contributed by atoms with Crippen LogP contribution in [0.5, 0.6) is 0 Å². The molecule has 1 saturated heterocycles. The van der Waals surface area contributed by atoms with Gasteiger partial charge in [0.1, 0.15) is 6.67 Å². The van der Waals surface area contributed by atoms with Crippen molar-refractivity contribution in [1.82, 2.24) is 4.90 Å². The molecule has 3 atom stereocenters. The number of aliphatic hydroxyl groups excluding tert-OH is 2. The van der Waals surface area contributed by atoms with Crippen molar-refractivity contribution in [2.24, 2.45) is 0 Å². The van der Waals surface area contributed by atoms with Gasteiger partial charge in [-0.15, -0.1) is 0 Å². The number of aliphatic hydroxyl groups is 2. The van der Waals surface area contributed by atoms with Crippen LogP contribution in [-0.2, 0) is 0 Å². The van der Waals surface area contributed by atoms with Gasteiger partial charge in [0, 0.05) is 12.6 Å². The second kappa shape index (κ2) is 4.35. The molecule has 0 aromatic carbocycles. The van der Waals surface area contributed by atoms with Crippen LogP contribution < -0.4 is 0 Å². The first-order valence-corrected chi connectivity index (χ1v) is 4.75. The second-order valence-electron chi connectivity index (χ2n) is 3.90. The average Bonchev–Trinajstić information content (AvgIpc) is 2.09. The Labute approximate surface area is 78.2 Å². The molecular formula is C9H18FNO2. The maximum Gasteiger partial charge on any atom is 0.108 e. The molecule has 0 radical (unpaired) electrons. The predicted octanol–water partition coefficient (Wildman–Crippen LogP) is 0.160. The molecule has 0 aromatic rings. The molecule has 2 N–H and O–H groups in total. The molecular weight excluding hydrogens is 173 g/mol. The lowest BCUT2D eigenvalue weighted by molar-refractivity contribution is -0.0901. The van der Waals surface area contributed by atoms with Crippen LogP contribution in [0.15, 0.2) is 0 Å². The van der Waals surface area contributed by atoms with E-state index in [1.54, 1.807) is 0 Å². The summed E-state index contributed by atoms with van der Waals surface area (Å²) < 4.78 is 12.6. The third-order valence-electron chi connectivity index (χ3n) is 2.72. The minimum atomic E-state index is -0.943. The van der Waals surface area contributed by atoms with Crippen molar-refractivity contribution in [1.29, 1.82) is 0 Å². The molecule has 0 spiro atoms. The molecule has 3 unspecified atom stereocenters. The first-order valence-electron chi connectivity index (χ1n) is 4.75. The number of alkyl halides is 1. The number of nitrogens with zero attached hydrogens (tertiary/aromatic N) is 1. The summed E-state index contributed by atoms with van der Waals surface area (Å²) in [6, 6.07) is -0.327. The van der Waals surface area contributed by atoms with Crippen LogP contribution in [0.25, 0.3) is 0 Å². The van der Waals surface area contributed by atoms with Crippen LogP contribution in [0.2, 0.25) is 0 Å². The summed E-state index contributed by atoms with van der Waals surface area (Å²) in [7, 11) is 0. The lowest BCUT2D eigenvalue weighted by atomic mass is 9.95. The van der Waals surface area contributed by atoms with E-state index in [-0.39, 0.29) is 6.04 Å². The molecule has 0 aromatic heterocycles. The number of rotatable bonds is 2. The normalized spacial score (nSPS) is 36.9. The van der Waals surface area contributed by atoms with Gasteiger partial charge in [-0.2, -0.15) is 0 Å². The maximum atomic E-state index is 12.6. The van der Waals surface area contributed by atoms with Crippen molar-refractivity contribution < 1.29 is 14.6 Å². The summed E-state index contributed by atoms with van der Waals surface area (Å²) in [5, 5.41) is 18.9. The summed E-state index contributed by atoms with van der Waals surface area (Å²) >= 11 is 0. The minimum Gasteiger partial charge on any atom is -0.390 e. The topological polar surface area (TPSA) is 43.7 Å². The van der Waals surface area contributed by atoms with E-state index >= 15 is 0 Å². The van der Waals surface area contributed by atoms with E-state index in [1.165, 1.54) is 0 Å². The van der Waals surface area contributed by atoms with Gasteiger partial charge >= 0.3 is 0 Å². The first-order chi connectivity index (χ1) is 6.07. The molecule has 1 fully saturated rings. The number of hydrogen-bond donors (Lipinski definition) is 2. The maximum absolute atomic E-state index is 12.6. The van der Waals surface area contributed by atoms with Crippen LogP contribution in [0.3, 0.4) is 0 Å². The fourth-order valence-electron chi connectivity index (χ4n) is 1.89. The Balaban J connectivity index is 2.66. The molecule has 3 nitrogen and oxygen atoms in total. The lowest BCUT2D eigenvalue weighted by Crippen LogP contribution is -2.57. The van der Waals surface area contributed by atoms with Gasteiger partial charge in [-0.3, -0.25) is 4.90 Å². The highest BCUT2D eigenvalue weighted by Crippen LogP contribution is 2.20. The molecule has 1 heterocycles. The van der Waals surface area contributed by atoms with Crippen LogP contribution in [0, 0.1) is 0 Å². The molecule has 13 heavy (non-hydrogen) atoms. The van der Waals surface area contributed by atoms with E-state index < -0.39 is 24.9 Å². The van der Waals surface area contributed by atoms with Gasteiger partial charge in [0.25, 0.3) is 0 Å². The van der Waals surface area contributed by atoms with Crippen LogP contribution in [0.4, 0.5) is 4.39 Å². The Morgan fingerprint density at radius 3 is 2.54 bits per heavy atom. The minimum absolute atomic E-state index is 0.211. The molecule has 1 rings (SSSR count). The zero-order chi connectivity index (χ0) is 10.0. The van der Waals surface area contributed by atoms with E-state index in [1.807, 2.05) is 18.7 Å². The third-order valence-corrected chi connectivity index (χ3v) is 2.72. The summed E-state index contributed by atoms with van der Waals surface area (Å²) in [4.78, 5) is 1.90. The predicted molar refractivity (Wildman–Crippen MR) is 48.2 cm³/mol. The van der Waals surface area contributed by atoms with Gasteiger partial charge < -0.3 is 10.2 Å². The van der Waals surface area contributed by atoms with Crippen molar-refractivity contribution in [2.75, 3.05) is 13.2 Å². The Hall–Kier alpha value is -0.190. The Morgan fingerprint density at radius 2 is 2.08 bits per heavy atom. The first kappa shape index (κ1) is 10.9. The number of halogens is 1. The van der Waals surface area contributed by atoms with E-state index in [9.17, 15) is 14.6 Å². The third kappa shape index (κ3) is 2.18. The van der Waals surface area contributed by atoms with Gasteiger partial charge in [-0.1, -0.05) is 0 Å². The monoisotopic (exact) mass is 191 g/mol. The van der Waals surface area contributed by atoms with Gasteiger partial charge in [0.2, 0.25) is 0 Å². The zero-order valence-electron chi connectivity index (χ0n) is 8.15. The van der Waals surface area contributed by atoms with Crippen molar-refractivity contribution in [2.45, 2.75) is 44.6 Å². The van der Waals surface area contributed by atoms with E-state index in [0.29, 0.717) is 13.0 Å². The van der Waals surface area contributed by atoms with Crippen LogP contribution in [-0.4, -0.2) is 52.6 Å². The summed E-state index contributed by atoms with van der Waals surface area (Å²) in [5.74, 6) is 0. The highest BCUT2D eigenvalue weighted by atomic mass is 19.1. The van der Waals surface area contributed by atoms with E-state index in [4.69, 9.17) is 0 Å². The molecule has 4 heteroatoms. The van der Waals surface area contributed by atoms with Crippen LogP contribution in [0.1, 0.15) is 20.3 Å². The Kier molecular flexibility index (Phi) is 3.64. The quantitative estimate of drug-likeness (QED) is 0.653. The molecule has 0 amide bonds. The molecule has 1 aliphatic rings. The highest BCUT2D eigenvalue weighted by Gasteiger charge is 2.36. The van der Waals surface area contributed by atoms with Crippen molar-refractivity contribution >= 4 is 0 Å². The fourth-order valence-corrected chi connectivity index (χ4v) is 1.89. The molecule has 0 saturated carbocycles. The lowest BCUT2D eigenvalue weighted by Gasteiger charge is -2.42. The number of hydrogen-bond acceptors (Lipinski definition) is 3. The summed E-state index contributed by atoms with van der Waals surface area (Å²) in [5.41, 5.74) is 0. The highest BCUT2D eigenvalue weighted by molar-refractivity contribution is 4.90. The molecule has 0 aliphatic carbocycles. The smallest absolute Gasteiger partial charge is 0.108 e. The Bertz CT molecular complexity index is 166. The zero-order valence-corrected chi connectivity index (χ0v) is 8.15. The Morgan fingerprint density at radius 1 is 1.46 bits per heavy atom. The largest absolute Gasteiger partial charge is 0.390 e. The SMILES string of the molecule is CC(C)N1CCC(O)C(O)C1CF. The van der Waals surface area contributed by atoms with E-state index in [0.717, 1.165) is 0 Å². The van der Waals surface area contributed by atoms with Crippen molar-refractivity contribution in [3.8, 4) is 0 Å². The second-order valence-corrected chi connectivity index (χ2v) is 3.90. The summed E-state index contributed by atoms with van der Waals surface area (Å²) in [6.07, 6.45) is -1.19. The van der Waals surface area contributed by atoms with Gasteiger partial charge in [-0.25, -0.2) is 4.39 Å².